The van der Waals surface area contributed by atoms with Crippen LogP contribution in [0.5, 0.6) is 0 Å². The van der Waals surface area contributed by atoms with E-state index in [0.717, 1.165) is 17.3 Å². The molecule has 0 atom stereocenters. The third-order valence-corrected chi connectivity index (χ3v) is 4.66. The van der Waals surface area contributed by atoms with Crippen molar-refractivity contribution >= 4 is 40.0 Å². The summed E-state index contributed by atoms with van der Waals surface area (Å²) in [4.78, 5) is 16.3. The van der Waals surface area contributed by atoms with Crippen molar-refractivity contribution in [3.05, 3.63) is 41.8 Å². The van der Waals surface area contributed by atoms with Gasteiger partial charge in [-0.2, -0.15) is 4.52 Å². The van der Waals surface area contributed by atoms with Crippen molar-refractivity contribution in [3.63, 3.8) is 0 Å². The van der Waals surface area contributed by atoms with E-state index in [0.29, 0.717) is 16.0 Å². The van der Waals surface area contributed by atoms with Gasteiger partial charge in [-0.05, 0) is 24.3 Å². The molecule has 11 heteroatoms. The van der Waals surface area contributed by atoms with Crippen LogP contribution < -0.4 is 5.32 Å². The van der Waals surface area contributed by atoms with Crippen LogP contribution in [0.3, 0.4) is 0 Å². The van der Waals surface area contributed by atoms with Gasteiger partial charge in [0.1, 0.15) is 12.1 Å². The Bertz CT molecular complexity index is 997. The van der Waals surface area contributed by atoms with Crippen LogP contribution in [0.15, 0.2) is 45.6 Å². The van der Waals surface area contributed by atoms with Gasteiger partial charge in [0, 0.05) is 10.9 Å². The lowest BCUT2D eigenvalue weighted by Crippen LogP contribution is -2.13. The van der Waals surface area contributed by atoms with Gasteiger partial charge in [-0.25, -0.2) is 9.37 Å². The molecule has 0 unspecified atom stereocenters. The van der Waals surface area contributed by atoms with Gasteiger partial charge in [0.25, 0.3) is 5.22 Å². The van der Waals surface area contributed by atoms with Crippen LogP contribution in [0.1, 0.15) is 0 Å². The van der Waals surface area contributed by atoms with Crippen LogP contribution in [0.2, 0.25) is 0 Å². The van der Waals surface area contributed by atoms with Gasteiger partial charge in [-0.15, -0.1) is 21.5 Å². The number of carbonyl (C=O) groups excluding carboxylic acids is 1. The minimum absolute atomic E-state index is 0.114. The highest BCUT2D eigenvalue weighted by atomic mass is 32.2. The maximum Gasteiger partial charge on any atom is 0.345 e. The number of rotatable bonds is 5. The molecule has 0 fully saturated rings. The maximum atomic E-state index is 13.0. The average molecular weight is 376 g/mol. The molecular weight excluding hydrogens is 367 g/mol. The van der Waals surface area contributed by atoms with E-state index in [4.69, 9.17) is 4.42 Å². The van der Waals surface area contributed by atoms with Crippen molar-refractivity contribution in [3.8, 4) is 11.3 Å². The van der Waals surface area contributed by atoms with Gasteiger partial charge in [0.2, 0.25) is 5.91 Å². The molecule has 0 aliphatic rings. The van der Waals surface area contributed by atoms with Crippen molar-refractivity contribution in [2.75, 3.05) is 11.1 Å². The van der Waals surface area contributed by atoms with Crippen LogP contribution in [-0.2, 0) is 4.79 Å². The molecule has 3 aromatic heterocycles. The lowest BCUT2D eigenvalue weighted by molar-refractivity contribution is -0.113. The van der Waals surface area contributed by atoms with Crippen LogP contribution in [-0.4, -0.2) is 36.5 Å². The van der Waals surface area contributed by atoms with Gasteiger partial charge >= 0.3 is 5.84 Å². The summed E-state index contributed by atoms with van der Waals surface area (Å²) in [7, 11) is 0. The first-order chi connectivity index (χ1) is 12.2. The van der Waals surface area contributed by atoms with Crippen LogP contribution >= 0.6 is 23.1 Å². The molecule has 1 N–H and O–H groups in total. The zero-order valence-electron chi connectivity index (χ0n) is 12.4. The molecular formula is C14H9FN6O2S2. The van der Waals surface area contributed by atoms with Crippen molar-refractivity contribution in [2.24, 2.45) is 0 Å². The quantitative estimate of drug-likeness (QED) is 0.535. The van der Waals surface area contributed by atoms with Gasteiger partial charge in [0.05, 0.1) is 11.4 Å². The van der Waals surface area contributed by atoms with Crippen LogP contribution in [0.4, 0.5) is 9.52 Å². The van der Waals surface area contributed by atoms with E-state index in [-0.39, 0.29) is 23.3 Å². The largest absolute Gasteiger partial charge is 0.396 e. The Balaban J connectivity index is 1.36. The Labute approximate surface area is 148 Å². The Morgan fingerprint density at radius 1 is 1.36 bits per heavy atom. The summed E-state index contributed by atoms with van der Waals surface area (Å²) in [5.74, 6) is -0.159. The third kappa shape index (κ3) is 3.51. The molecule has 0 aliphatic carbocycles. The number of thiazole rings is 1. The number of fused-ring (bicyclic) bond motifs is 1. The number of nitrogens with one attached hydrogen (secondary N) is 1. The van der Waals surface area contributed by atoms with E-state index in [1.807, 2.05) is 0 Å². The molecule has 4 rings (SSSR count). The molecule has 4 aromatic rings. The molecule has 25 heavy (non-hydrogen) atoms. The third-order valence-electron chi connectivity index (χ3n) is 3.09. The second-order valence-corrected chi connectivity index (χ2v) is 6.59. The molecule has 0 saturated heterocycles. The molecule has 8 nitrogen and oxygen atoms in total. The summed E-state index contributed by atoms with van der Waals surface area (Å²) in [6.07, 6.45) is 1.41. The lowest BCUT2D eigenvalue weighted by Gasteiger charge is -1.99. The van der Waals surface area contributed by atoms with Crippen LogP contribution in [0.25, 0.3) is 17.1 Å². The minimum Gasteiger partial charge on any atom is -0.396 e. The fourth-order valence-electron chi connectivity index (χ4n) is 1.97. The summed E-state index contributed by atoms with van der Waals surface area (Å²) >= 11 is 2.44. The highest BCUT2D eigenvalue weighted by Crippen LogP contribution is 2.25. The maximum absolute atomic E-state index is 13.0. The molecule has 0 spiro atoms. The normalized spacial score (nSPS) is 11.1. The zero-order valence-corrected chi connectivity index (χ0v) is 14.1. The summed E-state index contributed by atoms with van der Waals surface area (Å²) in [5.41, 5.74) is 1.46. The molecule has 0 saturated carbocycles. The van der Waals surface area contributed by atoms with E-state index in [9.17, 15) is 9.18 Å². The Kier molecular flexibility index (Phi) is 4.15. The SMILES string of the molecule is O=C(CSc1nn2cnnc2o1)Nc1nc(-c2ccc(F)cc2)cs1. The van der Waals surface area contributed by atoms with Gasteiger partial charge in [0.15, 0.2) is 5.13 Å². The Hall–Kier alpha value is -2.79. The molecule has 0 bridgehead atoms. The fraction of sp³-hybridized carbons (Fsp3) is 0.0714. The molecule has 0 radical (unpaired) electrons. The molecule has 1 aromatic carbocycles. The second kappa shape index (κ2) is 6.61. The smallest absolute Gasteiger partial charge is 0.345 e. The minimum atomic E-state index is -0.306. The summed E-state index contributed by atoms with van der Waals surface area (Å²) < 4.78 is 19.6. The Morgan fingerprint density at radius 2 is 2.20 bits per heavy atom. The number of anilines is 1. The van der Waals surface area contributed by atoms with E-state index in [2.05, 4.69) is 25.6 Å². The number of carbonyl (C=O) groups is 1. The second-order valence-electron chi connectivity index (χ2n) is 4.81. The topological polar surface area (TPSA) is 98.2 Å². The monoisotopic (exact) mass is 376 g/mol. The fourth-order valence-corrected chi connectivity index (χ4v) is 3.31. The van der Waals surface area contributed by atoms with E-state index in [1.165, 1.54) is 34.3 Å². The van der Waals surface area contributed by atoms with E-state index >= 15 is 0 Å². The number of benzene rings is 1. The van der Waals surface area contributed by atoms with E-state index in [1.54, 1.807) is 17.5 Å². The number of halogens is 1. The highest BCUT2D eigenvalue weighted by Gasteiger charge is 2.12. The van der Waals surface area contributed by atoms with E-state index < -0.39 is 0 Å². The first-order valence-corrected chi connectivity index (χ1v) is 8.85. The Morgan fingerprint density at radius 3 is 3.00 bits per heavy atom. The average Bonchev–Trinajstić information content (AvgIpc) is 3.29. The molecule has 126 valence electrons. The highest BCUT2D eigenvalue weighted by molar-refractivity contribution is 7.99. The first kappa shape index (κ1) is 15.7. The molecule has 1 amide bonds. The van der Waals surface area contributed by atoms with Gasteiger partial charge in [-0.3, -0.25) is 4.79 Å². The number of nitrogens with zero attached hydrogens (tertiary/aromatic N) is 5. The predicted octanol–water partition coefficient (Wildman–Crippen LogP) is 2.71. The number of aromatic nitrogens is 5. The number of amides is 1. The predicted molar refractivity (Wildman–Crippen MR) is 89.9 cm³/mol. The first-order valence-electron chi connectivity index (χ1n) is 6.98. The number of hydrogen-bond donors (Lipinski definition) is 1. The van der Waals surface area contributed by atoms with Crippen molar-refractivity contribution in [2.45, 2.75) is 5.22 Å². The van der Waals surface area contributed by atoms with Crippen LogP contribution in [0, 0.1) is 5.82 Å². The van der Waals surface area contributed by atoms with Crippen molar-refractivity contribution in [1.29, 1.82) is 0 Å². The zero-order chi connectivity index (χ0) is 17.2. The number of thioether (sulfide) groups is 1. The summed E-state index contributed by atoms with van der Waals surface area (Å²) in [6.45, 7) is 0. The molecule has 0 aliphatic heterocycles. The molecule has 3 heterocycles. The lowest BCUT2D eigenvalue weighted by atomic mass is 10.2. The standard InChI is InChI=1S/C14H9FN6O2S2/c15-9-3-1-8(2-4-9)10-5-24-12(17-10)18-11(22)6-25-14-20-21-7-16-19-13(21)23-14/h1-5,7H,6H2,(H,17,18,22). The summed E-state index contributed by atoms with van der Waals surface area (Å²) in [6, 6.07) is 6.01. The number of hydrogen-bond acceptors (Lipinski definition) is 8. The van der Waals surface area contributed by atoms with Crippen molar-refractivity contribution < 1.29 is 13.6 Å². The van der Waals surface area contributed by atoms with Gasteiger partial charge < -0.3 is 9.73 Å². The van der Waals surface area contributed by atoms with Crippen molar-refractivity contribution in [1.82, 2.24) is 24.8 Å². The summed E-state index contributed by atoms with van der Waals surface area (Å²) in [5, 5.41) is 16.7. The van der Waals surface area contributed by atoms with Gasteiger partial charge in [-0.1, -0.05) is 16.9 Å².